The summed E-state index contributed by atoms with van der Waals surface area (Å²) in [7, 11) is 0. The summed E-state index contributed by atoms with van der Waals surface area (Å²) in [6, 6.07) is 0.742. The fourth-order valence-corrected chi connectivity index (χ4v) is 0.329. The van der Waals surface area contributed by atoms with Crippen molar-refractivity contribution >= 4 is 0 Å². The minimum Gasteiger partial charge on any atom is -0.191 e. The van der Waals surface area contributed by atoms with E-state index in [-0.39, 0.29) is 0 Å². The van der Waals surface area contributed by atoms with Gasteiger partial charge in [0.05, 0.1) is 12.1 Å². The molecule has 0 spiro atoms. The molecule has 2 heteroatoms. The van der Waals surface area contributed by atoms with E-state index >= 15 is 0 Å². The van der Waals surface area contributed by atoms with Crippen LogP contribution in [0.15, 0.2) is 10.2 Å². The third kappa shape index (κ3) is 5.47. The van der Waals surface area contributed by atoms with E-state index in [1.54, 1.807) is 0 Å². The topological polar surface area (TPSA) is 24.7 Å². The summed E-state index contributed by atoms with van der Waals surface area (Å²) in [6.07, 6.45) is 1.08. The predicted molar refractivity (Wildman–Crippen MR) is 39.7 cm³/mol. The predicted octanol–water partition coefficient (Wildman–Crippen LogP) is 2.65. The molecular weight excluding hydrogens is 112 g/mol. The molecule has 9 heavy (non-hydrogen) atoms. The maximum absolute atomic E-state index is 4.07. The second-order valence-electron chi connectivity index (χ2n) is 2.58. The van der Waals surface area contributed by atoms with Crippen molar-refractivity contribution in [2.45, 2.75) is 46.2 Å². The molecule has 2 nitrogen and oxygen atoms in total. The van der Waals surface area contributed by atoms with Gasteiger partial charge >= 0.3 is 0 Å². The van der Waals surface area contributed by atoms with Crippen molar-refractivity contribution in [1.82, 2.24) is 0 Å². The summed E-state index contributed by atoms with van der Waals surface area (Å²) in [5.74, 6) is 0. The summed E-state index contributed by atoms with van der Waals surface area (Å²) in [5, 5.41) is 8.09. The third-order valence-electron chi connectivity index (χ3n) is 1.09. The van der Waals surface area contributed by atoms with Gasteiger partial charge in [-0.25, -0.2) is 0 Å². The minimum absolute atomic E-state index is 0.346. The van der Waals surface area contributed by atoms with E-state index in [0.717, 1.165) is 6.42 Å². The highest BCUT2D eigenvalue weighted by Gasteiger charge is 1.92. The Morgan fingerprint density at radius 2 is 1.67 bits per heavy atom. The van der Waals surface area contributed by atoms with Gasteiger partial charge in [0, 0.05) is 0 Å². The second-order valence-corrected chi connectivity index (χ2v) is 2.58. The Morgan fingerprint density at radius 1 is 1.11 bits per heavy atom. The van der Waals surface area contributed by atoms with Crippen LogP contribution >= 0.6 is 0 Å². The van der Waals surface area contributed by atoms with Crippen LogP contribution in [-0.4, -0.2) is 12.1 Å². The van der Waals surface area contributed by atoms with Crippen molar-refractivity contribution in [2.24, 2.45) is 10.2 Å². The van der Waals surface area contributed by atoms with Gasteiger partial charge in [0.1, 0.15) is 0 Å². The zero-order chi connectivity index (χ0) is 7.28. The Hall–Kier alpha value is -0.400. The lowest BCUT2D eigenvalue weighted by Gasteiger charge is -1.99. The molecule has 0 aliphatic rings. The van der Waals surface area contributed by atoms with Gasteiger partial charge in [0.25, 0.3) is 0 Å². The molecule has 0 fully saturated rings. The first-order valence-corrected chi connectivity index (χ1v) is 3.56. The lowest BCUT2D eigenvalue weighted by molar-refractivity contribution is 0.627. The van der Waals surface area contributed by atoms with Gasteiger partial charge in [-0.3, -0.25) is 0 Å². The third-order valence-corrected chi connectivity index (χ3v) is 1.09. The quantitative estimate of drug-likeness (QED) is 0.522. The zero-order valence-electron chi connectivity index (χ0n) is 6.76. The Bertz CT molecular complexity index is 86.9. The van der Waals surface area contributed by atoms with E-state index < -0.39 is 0 Å². The van der Waals surface area contributed by atoms with Crippen LogP contribution in [0, 0.1) is 0 Å². The minimum atomic E-state index is 0.346. The molecule has 0 radical (unpaired) electrons. The maximum atomic E-state index is 4.07. The maximum Gasteiger partial charge on any atom is 0.0677 e. The van der Waals surface area contributed by atoms with Crippen LogP contribution in [0.4, 0.5) is 0 Å². The SMILES string of the molecule is CCC(C)/N=N/C(C)C. The van der Waals surface area contributed by atoms with Crippen molar-refractivity contribution in [3.05, 3.63) is 0 Å². The van der Waals surface area contributed by atoms with Crippen molar-refractivity contribution in [3.63, 3.8) is 0 Å². The normalized spacial score (nSPS) is 15.2. The molecule has 1 atom stereocenters. The van der Waals surface area contributed by atoms with Crippen LogP contribution in [0.5, 0.6) is 0 Å². The largest absolute Gasteiger partial charge is 0.191 e. The number of hydrogen-bond acceptors (Lipinski definition) is 2. The van der Waals surface area contributed by atoms with Crippen LogP contribution in [0.2, 0.25) is 0 Å². The van der Waals surface area contributed by atoms with E-state index in [9.17, 15) is 0 Å². The van der Waals surface area contributed by atoms with Crippen molar-refractivity contribution in [1.29, 1.82) is 0 Å². The summed E-state index contributed by atoms with van der Waals surface area (Å²) in [6.45, 7) is 8.26. The van der Waals surface area contributed by atoms with Crippen molar-refractivity contribution in [3.8, 4) is 0 Å². The first-order chi connectivity index (χ1) is 4.16. The molecule has 0 amide bonds. The highest BCUT2D eigenvalue weighted by atomic mass is 15.1. The lowest BCUT2D eigenvalue weighted by atomic mass is 10.3. The molecule has 0 aromatic heterocycles. The number of azo groups is 1. The molecule has 0 aliphatic heterocycles. The molecule has 0 bridgehead atoms. The molecule has 0 heterocycles. The molecule has 0 saturated carbocycles. The van der Waals surface area contributed by atoms with Crippen LogP contribution < -0.4 is 0 Å². The Kier molecular flexibility index (Phi) is 4.28. The van der Waals surface area contributed by atoms with Crippen LogP contribution in [-0.2, 0) is 0 Å². The van der Waals surface area contributed by atoms with Gasteiger partial charge < -0.3 is 0 Å². The van der Waals surface area contributed by atoms with Gasteiger partial charge in [-0.15, -0.1) is 0 Å². The molecule has 0 aromatic rings. The van der Waals surface area contributed by atoms with Gasteiger partial charge in [0.2, 0.25) is 0 Å². The average Bonchev–Trinajstić information content (AvgIpc) is 1.83. The van der Waals surface area contributed by atoms with Crippen molar-refractivity contribution in [2.75, 3.05) is 0 Å². The average molecular weight is 128 g/mol. The Balaban J connectivity index is 3.43. The van der Waals surface area contributed by atoms with Gasteiger partial charge in [-0.1, -0.05) is 6.92 Å². The fraction of sp³-hybridized carbons (Fsp3) is 1.00. The molecule has 0 aromatic carbocycles. The molecule has 54 valence electrons. The van der Waals surface area contributed by atoms with E-state index in [0.29, 0.717) is 12.1 Å². The van der Waals surface area contributed by atoms with Crippen LogP contribution in [0.3, 0.4) is 0 Å². The molecule has 0 aliphatic carbocycles. The second kappa shape index (κ2) is 4.48. The number of rotatable bonds is 3. The van der Waals surface area contributed by atoms with Gasteiger partial charge in [-0.2, -0.15) is 10.2 Å². The van der Waals surface area contributed by atoms with E-state index in [2.05, 4.69) is 24.1 Å². The molecule has 0 N–H and O–H groups in total. The summed E-state index contributed by atoms with van der Waals surface area (Å²) < 4.78 is 0. The molecule has 0 saturated heterocycles. The zero-order valence-corrected chi connectivity index (χ0v) is 6.76. The molecular formula is C7H16N2. The highest BCUT2D eigenvalue weighted by molar-refractivity contribution is 4.54. The first kappa shape index (κ1) is 8.60. The molecule has 1 unspecified atom stereocenters. The Labute approximate surface area is 57.4 Å². The fourth-order valence-electron chi connectivity index (χ4n) is 0.329. The van der Waals surface area contributed by atoms with Crippen molar-refractivity contribution < 1.29 is 0 Å². The smallest absolute Gasteiger partial charge is 0.0677 e. The van der Waals surface area contributed by atoms with Gasteiger partial charge in [-0.05, 0) is 27.2 Å². The number of hydrogen-bond donors (Lipinski definition) is 0. The van der Waals surface area contributed by atoms with Crippen LogP contribution in [0.25, 0.3) is 0 Å². The summed E-state index contributed by atoms with van der Waals surface area (Å²) in [4.78, 5) is 0. The Morgan fingerprint density at radius 3 is 2.00 bits per heavy atom. The van der Waals surface area contributed by atoms with Crippen LogP contribution in [0.1, 0.15) is 34.1 Å². The highest BCUT2D eigenvalue weighted by Crippen LogP contribution is 1.97. The van der Waals surface area contributed by atoms with E-state index in [1.165, 1.54) is 0 Å². The standard InChI is InChI=1S/C7H16N2/c1-5-7(4)9-8-6(2)3/h6-7H,5H2,1-4H3/b9-8+. The van der Waals surface area contributed by atoms with E-state index in [4.69, 9.17) is 0 Å². The monoisotopic (exact) mass is 128 g/mol. The summed E-state index contributed by atoms with van der Waals surface area (Å²) >= 11 is 0. The lowest BCUT2D eigenvalue weighted by Crippen LogP contribution is -1.95. The first-order valence-electron chi connectivity index (χ1n) is 3.56. The summed E-state index contributed by atoms with van der Waals surface area (Å²) in [5.41, 5.74) is 0. The van der Waals surface area contributed by atoms with E-state index in [1.807, 2.05) is 13.8 Å². The number of nitrogens with zero attached hydrogens (tertiary/aromatic N) is 2. The van der Waals surface area contributed by atoms with Gasteiger partial charge in [0.15, 0.2) is 0 Å². The molecule has 0 rings (SSSR count).